The fourth-order valence-corrected chi connectivity index (χ4v) is 3.12. The van der Waals surface area contributed by atoms with Gasteiger partial charge in [0.25, 0.3) is 0 Å². The molecule has 0 bridgehead atoms. The Balaban J connectivity index is 1.96. The Hall–Kier alpha value is -1.92. The summed E-state index contributed by atoms with van der Waals surface area (Å²) in [5, 5.41) is 2.90. The number of ether oxygens (including phenoxy) is 2. The van der Waals surface area contributed by atoms with Gasteiger partial charge in [-0.3, -0.25) is 4.79 Å². The van der Waals surface area contributed by atoms with Gasteiger partial charge in [-0.1, -0.05) is 19.1 Å². The van der Waals surface area contributed by atoms with Crippen LogP contribution in [0.5, 0.6) is 5.75 Å². The van der Waals surface area contributed by atoms with Crippen molar-refractivity contribution in [3.05, 3.63) is 45.4 Å². The highest BCUT2D eigenvalue weighted by molar-refractivity contribution is 7.09. The van der Waals surface area contributed by atoms with Crippen molar-refractivity contribution < 1.29 is 14.3 Å². The summed E-state index contributed by atoms with van der Waals surface area (Å²) in [4.78, 5) is 18.4. The average molecular weight is 362 g/mol. The number of amides is 1. The predicted molar refractivity (Wildman–Crippen MR) is 99.9 cm³/mol. The van der Waals surface area contributed by atoms with Gasteiger partial charge in [0.1, 0.15) is 17.4 Å². The second-order valence-electron chi connectivity index (χ2n) is 5.88. The van der Waals surface area contributed by atoms with Crippen molar-refractivity contribution in [3.8, 4) is 5.75 Å². The molecule has 1 aromatic heterocycles. The summed E-state index contributed by atoms with van der Waals surface area (Å²) in [5.74, 6) is 0.998. The maximum atomic E-state index is 12.0. The molecule has 0 radical (unpaired) electrons. The van der Waals surface area contributed by atoms with E-state index in [1.807, 2.05) is 24.4 Å². The fourth-order valence-electron chi connectivity index (χ4n) is 2.42. The van der Waals surface area contributed by atoms with Gasteiger partial charge in [0.05, 0.1) is 18.8 Å². The summed E-state index contributed by atoms with van der Waals surface area (Å²) in [6, 6.07) is 6.04. The van der Waals surface area contributed by atoms with Gasteiger partial charge < -0.3 is 14.4 Å². The molecule has 0 aliphatic carbocycles. The van der Waals surface area contributed by atoms with Gasteiger partial charge in [-0.25, -0.2) is 4.98 Å². The minimum atomic E-state index is 0.109. The van der Waals surface area contributed by atoms with E-state index in [9.17, 15) is 4.79 Å². The number of methoxy groups -OCH3 is 1. The highest BCUT2D eigenvalue weighted by Gasteiger charge is 2.14. The third kappa shape index (κ3) is 5.54. The van der Waals surface area contributed by atoms with Gasteiger partial charge >= 0.3 is 0 Å². The monoisotopic (exact) mass is 362 g/mol. The molecule has 6 heteroatoms. The lowest BCUT2D eigenvalue weighted by Gasteiger charge is -2.20. The number of hydrogen-bond donors (Lipinski definition) is 0. The molecule has 1 aromatic carbocycles. The highest BCUT2D eigenvalue weighted by Crippen LogP contribution is 2.22. The molecule has 2 aromatic rings. The van der Waals surface area contributed by atoms with E-state index < -0.39 is 0 Å². The molecule has 0 N–H and O–H groups in total. The molecule has 2 rings (SSSR count). The number of benzene rings is 1. The lowest BCUT2D eigenvalue weighted by atomic mass is 10.1. The fraction of sp³-hybridized carbons (Fsp3) is 0.474. The second-order valence-corrected chi connectivity index (χ2v) is 6.82. The molecule has 136 valence electrons. The van der Waals surface area contributed by atoms with Gasteiger partial charge in [-0.05, 0) is 31.0 Å². The number of thiazole rings is 1. The number of aryl methyl sites for hydroxylation is 1. The van der Waals surface area contributed by atoms with Gasteiger partial charge in [-0.2, -0.15) is 0 Å². The molecule has 5 nitrogen and oxygen atoms in total. The zero-order valence-electron chi connectivity index (χ0n) is 15.4. The summed E-state index contributed by atoms with van der Waals surface area (Å²) in [7, 11) is 1.64. The van der Waals surface area contributed by atoms with E-state index in [1.54, 1.807) is 23.3 Å². The first kappa shape index (κ1) is 19.4. The van der Waals surface area contributed by atoms with Crippen LogP contribution in [0.25, 0.3) is 0 Å². The van der Waals surface area contributed by atoms with Gasteiger partial charge in [0.2, 0.25) is 5.91 Å². The van der Waals surface area contributed by atoms with Crippen molar-refractivity contribution in [2.75, 3.05) is 20.3 Å². The van der Waals surface area contributed by atoms with E-state index in [1.165, 1.54) is 5.56 Å². The van der Waals surface area contributed by atoms with Gasteiger partial charge in [-0.15, -0.1) is 11.3 Å². The third-order valence-corrected chi connectivity index (χ3v) is 4.95. The minimum absolute atomic E-state index is 0.109. The number of carbonyl (C=O) groups excluding carboxylic acids is 1. The summed E-state index contributed by atoms with van der Waals surface area (Å²) in [5.41, 5.74) is 3.25. The number of rotatable bonds is 9. The molecule has 1 heterocycles. The van der Waals surface area contributed by atoms with Crippen LogP contribution < -0.4 is 4.74 Å². The number of carbonyl (C=O) groups is 1. The first-order valence-electron chi connectivity index (χ1n) is 8.44. The Morgan fingerprint density at radius 3 is 2.84 bits per heavy atom. The van der Waals surface area contributed by atoms with Crippen molar-refractivity contribution in [1.29, 1.82) is 0 Å². The molecule has 0 saturated heterocycles. The molecule has 0 aliphatic rings. The van der Waals surface area contributed by atoms with Crippen LogP contribution in [0.4, 0.5) is 0 Å². The molecule has 25 heavy (non-hydrogen) atoms. The van der Waals surface area contributed by atoms with E-state index in [0.717, 1.165) is 22.0 Å². The molecule has 0 atom stereocenters. The van der Waals surface area contributed by atoms with Crippen LogP contribution in [-0.4, -0.2) is 36.1 Å². The zero-order chi connectivity index (χ0) is 18.2. The maximum absolute atomic E-state index is 12.0. The van der Waals surface area contributed by atoms with E-state index >= 15 is 0 Å². The molecule has 0 unspecified atom stereocenters. The van der Waals surface area contributed by atoms with E-state index in [0.29, 0.717) is 32.7 Å². The average Bonchev–Trinajstić information content (AvgIpc) is 3.06. The van der Waals surface area contributed by atoms with Gasteiger partial charge in [0.15, 0.2) is 0 Å². The molecule has 0 saturated carbocycles. The number of nitrogens with zero attached hydrogens (tertiary/aromatic N) is 2. The normalized spacial score (nSPS) is 10.7. The smallest absolute Gasteiger partial charge is 0.222 e. The molecule has 1 amide bonds. The number of aromatic nitrogens is 1. The van der Waals surface area contributed by atoms with Crippen LogP contribution in [0.1, 0.15) is 35.2 Å². The van der Waals surface area contributed by atoms with Crippen LogP contribution in [0.15, 0.2) is 23.6 Å². The zero-order valence-corrected chi connectivity index (χ0v) is 16.2. The van der Waals surface area contributed by atoms with E-state index in [-0.39, 0.29) is 5.91 Å². The second kappa shape index (κ2) is 9.53. The minimum Gasteiger partial charge on any atom is -0.486 e. The Morgan fingerprint density at radius 1 is 1.32 bits per heavy atom. The van der Waals surface area contributed by atoms with Crippen molar-refractivity contribution in [2.24, 2.45) is 0 Å². The summed E-state index contributed by atoms with van der Waals surface area (Å²) in [6.07, 6.45) is 0.483. The van der Waals surface area contributed by atoms with E-state index in [2.05, 4.69) is 24.9 Å². The Bertz CT molecular complexity index is 700. The lowest BCUT2D eigenvalue weighted by molar-refractivity contribution is -0.132. The van der Waals surface area contributed by atoms with E-state index in [4.69, 9.17) is 9.47 Å². The van der Waals surface area contributed by atoms with Crippen molar-refractivity contribution in [2.45, 2.75) is 40.3 Å². The van der Waals surface area contributed by atoms with Crippen LogP contribution in [0.3, 0.4) is 0 Å². The molecule has 0 spiro atoms. The first-order chi connectivity index (χ1) is 12.0. The number of hydrogen-bond acceptors (Lipinski definition) is 5. The molecule has 0 fully saturated rings. The largest absolute Gasteiger partial charge is 0.486 e. The SMILES string of the molecule is CCC(=O)N(CCOC)Cc1csc(COc2cccc(C)c2C)n1. The Kier molecular flexibility index (Phi) is 7.40. The summed E-state index contributed by atoms with van der Waals surface area (Å²) >= 11 is 1.56. The first-order valence-corrected chi connectivity index (χ1v) is 9.32. The van der Waals surface area contributed by atoms with Crippen LogP contribution >= 0.6 is 11.3 Å². The third-order valence-electron chi connectivity index (χ3n) is 4.08. The summed E-state index contributed by atoms with van der Waals surface area (Å²) in [6.45, 7) is 8.05. The maximum Gasteiger partial charge on any atom is 0.222 e. The molecule has 0 aliphatic heterocycles. The molecular formula is C19H26N2O3S. The highest BCUT2D eigenvalue weighted by atomic mass is 32.1. The quantitative estimate of drug-likeness (QED) is 0.682. The predicted octanol–water partition coefficient (Wildman–Crippen LogP) is 3.72. The van der Waals surface area contributed by atoms with Crippen LogP contribution in [0, 0.1) is 13.8 Å². The Labute approximate surface area is 153 Å². The van der Waals surface area contributed by atoms with Crippen molar-refractivity contribution >= 4 is 17.2 Å². The standard InChI is InChI=1S/C19H26N2O3S/c1-5-19(22)21(9-10-23-4)11-16-13-25-18(20-16)12-24-17-8-6-7-14(2)15(17)3/h6-8,13H,5,9-12H2,1-4H3. The van der Waals surface area contributed by atoms with Crippen molar-refractivity contribution in [1.82, 2.24) is 9.88 Å². The summed E-state index contributed by atoms with van der Waals surface area (Å²) < 4.78 is 11.0. The van der Waals surface area contributed by atoms with Crippen LogP contribution in [-0.2, 0) is 22.7 Å². The topological polar surface area (TPSA) is 51.7 Å². The lowest BCUT2D eigenvalue weighted by Crippen LogP contribution is -2.33. The van der Waals surface area contributed by atoms with Crippen LogP contribution in [0.2, 0.25) is 0 Å². The molecular weight excluding hydrogens is 336 g/mol. The van der Waals surface area contributed by atoms with Crippen molar-refractivity contribution in [3.63, 3.8) is 0 Å². The van der Waals surface area contributed by atoms with Gasteiger partial charge in [0, 0.05) is 25.5 Å². The Morgan fingerprint density at radius 2 is 2.12 bits per heavy atom.